The van der Waals surface area contributed by atoms with Crippen molar-refractivity contribution in [2.24, 2.45) is 0 Å². The fourth-order valence-electron chi connectivity index (χ4n) is 8.53. The van der Waals surface area contributed by atoms with Gasteiger partial charge < -0.3 is 14.2 Å². The van der Waals surface area contributed by atoms with Crippen LogP contribution < -0.4 is 0 Å². The summed E-state index contributed by atoms with van der Waals surface area (Å²) in [5.74, 6) is -0.913. The molecule has 0 spiro atoms. The number of hydrogen-bond donors (Lipinski definition) is 0. The zero-order valence-electron chi connectivity index (χ0n) is 49.0. The smallest absolute Gasteiger partial charge is 0.306 e. The quantitative estimate of drug-likeness (QED) is 0.0261. The fourth-order valence-corrected chi connectivity index (χ4v) is 8.53. The van der Waals surface area contributed by atoms with Crippen LogP contribution in [0.3, 0.4) is 0 Å². The highest BCUT2D eigenvalue weighted by Crippen LogP contribution is 2.15. The van der Waals surface area contributed by atoms with Crippen molar-refractivity contribution in [3.05, 3.63) is 109 Å². The SMILES string of the molecule is CC/C=C\C/C=C\C/C=C\C/C=C\C/C=C\C/C=C\C/C=C\CCCCCCCCCC(=O)OCC(COC(=O)CCCCCCC/C=C\CCCCC)OC(=O)CCCCCCC/C=C\CCCCCCCCC. The van der Waals surface area contributed by atoms with Gasteiger partial charge in [-0.2, -0.15) is 0 Å². The number of ether oxygens (including phenoxy) is 3. The molecule has 0 heterocycles. The second kappa shape index (κ2) is 62.6. The van der Waals surface area contributed by atoms with Gasteiger partial charge in [0.05, 0.1) is 0 Å². The molecule has 0 aliphatic heterocycles. The second-order valence-corrected chi connectivity index (χ2v) is 20.6. The number of esters is 3. The van der Waals surface area contributed by atoms with E-state index in [0.717, 1.165) is 128 Å². The summed E-state index contributed by atoms with van der Waals surface area (Å²) in [5.41, 5.74) is 0. The molecule has 0 aromatic heterocycles. The van der Waals surface area contributed by atoms with Gasteiger partial charge in [-0.1, -0.05) is 252 Å². The maximum absolute atomic E-state index is 12.9. The molecule has 1 unspecified atom stereocenters. The molecule has 1 atom stereocenters. The Kier molecular flexibility index (Phi) is 59.3. The molecule has 0 saturated carbocycles. The highest BCUT2D eigenvalue weighted by atomic mass is 16.6. The normalized spacial score (nSPS) is 12.8. The van der Waals surface area contributed by atoms with Gasteiger partial charge >= 0.3 is 17.9 Å². The van der Waals surface area contributed by atoms with E-state index in [9.17, 15) is 14.4 Å². The van der Waals surface area contributed by atoms with Gasteiger partial charge in [-0.3, -0.25) is 14.4 Å². The largest absolute Gasteiger partial charge is 0.462 e. The third-order valence-electron chi connectivity index (χ3n) is 13.2. The van der Waals surface area contributed by atoms with Crippen LogP contribution in [0, 0.1) is 0 Å². The maximum Gasteiger partial charge on any atom is 0.306 e. The van der Waals surface area contributed by atoms with Crippen molar-refractivity contribution >= 4 is 17.9 Å². The first kappa shape index (κ1) is 71.1. The Labute approximate surface area is 463 Å². The summed E-state index contributed by atoms with van der Waals surface area (Å²) < 4.78 is 16.9. The number of unbranched alkanes of at least 4 members (excludes halogenated alkanes) is 27. The molecule has 0 saturated heterocycles. The summed E-state index contributed by atoms with van der Waals surface area (Å²) in [5, 5.41) is 0. The standard InChI is InChI=1S/C69H116O6/c1-4-7-10-13-16-19-22-25-27-29-30-31-32-33-34-35-36-37-38-39-40-41-43-44-47-50-53-56-59-62-68(71)74-65-66(64-73-67(70)61-58-55-52-49-46-24-21-18-15-12-9-6-3)75-69(72)63-60-57-54-51-48-45-42-28-26-23-20-17-14-11-8-5-2/h7,10,16,18-19,21,25,27-28,30-31,33-34,36-37,39-40,42,66H,4-6,8-9,11-15,17,20,22-24,26,29,32,35,38,41,43-65H2,1-3H3/b10-7-,19-16-,21-18-,27-25-,31-30-,34-33-,37-36-,40-39-,42-28-. The molecule has 0 amide bonds. The van der Waals surface area contributed by atoms with Gasteiger partial charge in [0.15, 0.2) is 6.10 Å². The summed E-state index contributed by atoms with van der Waals surface area (Å²) >= 11 is 0. The van der Waals surface area contributed by atoms with Crippen molar-refractivity contribution in [3.8, 4) is 0 Å². The Bertz CT molecular complexity index is 1520. The zero-order chi connectivity index (χ0) is 54.3. The Morgan fingerprint density at radius 3 is 0.853 bits per heavy atom. The van der Waals surface area contributed by atoms with Gasteiger partial charge in [-0.05, 0) is 128 Å². The van der Waals surface area contributed by atoms with E-state index in [0.29, 0.717) is 19.3 Å². The Hall–Kier alpha value is -3.93. The van der Waals surface area contributed by atoms with Crippen molar-refractivity contribution in [1.29, 1.82) is 0 Å². The number of carbonyl (C=O) groups excluding carboxylic acids is 3. The van der Waals surface area contributed by atoms with Crippen LogP contribution in [0.15, 0.2) is 109 Å². The number of rotatable bonds is 56. The van der Waals surface area contributed by atoms with Gasteiger partial charge in [-0.25, -0.2) is 0 Å². The molecular formula is C69H116O6. The Morgan fingerprint density at radius 1 is 0.280 bits per heavy atom. The van der Waals surface area contributed by atoms with E-state index in [1.54, 1.807) is 0 Å². The summed E-state index contributed by atoms with van der Waals surface area (Å²) in [6, 6.07) is 0. The van der Waals surface area contributed by atoms with Crippen molar-refractivity contribution in [2.45, 2.75) is 297 Å². The van der Waals surface area contributed by atoms with E-state index < -0.39 is 6.10 Å². The molecule has 0 aliphatic rings. The average molecular weight is 1040 g/mol. The van der Waals surface area contributed by atoms with E-state index in [-0.39, 0.29) is 31.1 Å². The highest BCUT2D eigenvalue weighted by molar-refractivity contribution is 5.71. The van der Waals surface area contributed by atoms with E-state index in [1.165, 1.54) is 122 Å². The van der Waals surface area contributed by atoms with Crippen molar-refractivity contribution in [3.63, 3.8) is 0 Å². The van der Waals surface area contributed by atoms with Crippen LogP contribution >= 0.6 is 0 Å². The molecule has 6 nitrogen and oxygen atoms in total. The lowest BCUT2D eigenvalue weighted by molar-refractivity contribution is -0.167. The van der Waals surface area contributed by atoms with Crippen molar-refractivity contribution in [1.82, 2.24) is 0 Å². The van der Waals surface area contributed by atoms with E-state index in [2.05, 4.69) is 130 Å². The molecule has 428 valence electrons. The van der Waals surface area contributed by atoms with Crippen molar-refractivity contribution < 1.29 is 28.6 Å². The van der Waals surface area contributed by atoms with Gasteiger partial charge in [0, 0.05) is 19.3 Å². The monoisotopic (exact) mass is 1040 g/mol. The summed E-state index contributed by atoms with van der Waals surface area (Å²) in [4.78, 5) is 38.2. The van der Waals surface area contributed by atoms with Crippen LogP contribution in [-0.2, 0) is 28.6 Å². The van der Waals surface area contributed by atoms with Crippen molar-refractivity contribution in [2.75, 3.05) is 13.2 Å². The van der Waals surface area contributed by atoms with Crippen LogP contribution in [0.5, 0.6) is 0 Å². The van der Waals surface area contributed by atoms with Gasteiger partial charge in [0.25, 0.3) is 0 Å². The van der Waals surface area contributed by atoms with E-state index >= 15 is 0 Å². The van der Waals surface area contributed by atoms with Crippen LogP contribution in [0.1, 0.15) is 290 Å². The number of allylic oxidation sites excluding steroid dienone is 18. The minimum absolute atomic E-state index is 0.0891. The van der Waals surface area contributed by atoms with E-state index in [4.69, 9.17) is 14.2 Å². The average Bonchev–Trinajstić information content (AvgIpc) is 3.41. The molecule has 0 rings (SSSR count). The summed E-state index contributed by atoms with van der Waals surface area (Å²) in [7, 11) is 0. The molecule has 0 aromatic carbocycles. The molecule has 0 N–H and O–H groups in total. The fraction of sp³-hybridized carbons (Fsp3) is 0.696. The van der Waals surface area contributed by atoms with Gasteiger partial charge in [0.2, 0.25) is 0 Å². The number of hydrogen-bond acceptors (Lipinski definition) is 6. The zero-order valence-corrected chi connectivity index (χ0v) is 49.0. The van der Waals surface area contributed by atoms with Gasteiger partial charge in [-0.15, -0.1) is 0 Å². The molecule has 0 radical (unpaired) electrons. The second-order valence-electron chi connectivity index (χ2n) is 20.6. The van der Waals surface area contributed by atoms with Gasteiger partial charge in [0.1, 0.15) is 13.2 Å². The highest BCUT2D eigenvalue weighted by Gasteiger charge is 2.19. The minimum Gasteiger partial charge on any atom is -0.462 e. The first-order valence-electron chi connectivity index (χ1n) is 31.4. The predicted molar refractivity (Wildman–Crippen MR) is 325 cm³/mol. The molecule has 0 aromatic rings. The lowest BCUT2D eigenvalue weighted by Gasteiger charge is -2.18. The Balaban J connectivity index is 4.32. The van der Waals surface area contributed by atoms with Crippen LogP contribution in [0.25, 0.3) is 0 Å². The molecule has 0 fully saturated rings. The van der Waals surface area contributed by atoms with Crippen LogP contribution in [-0.4, -0.2) is 37.2 Å². The summed E-state index contributed by atoms with van der Waals surface area (Å²) in [6.45, 7) is 6.49. The molecule has 6 heteroatoms. The summed E-state index contributed by atoms with van der Waals surface area (Å²) in [6.07, 6.45) is 85.2. The minimum atomic E-state index is -0.792. The first-order chi connectivity index (χ1) is 37.0. The third-order valence-corrected chi connectivity index (χ3v) is 13.2. The molecule has 0 aliphatic carbocycles. The Morgan fingerprint density at radius 2 is 0.520 bits per heavy atom. The van der Waals surface area contributed by atoms with E-state index in [1.807, 2.05) is 0 Å². The maximum atomic E-state index is 12.9. The topological polar surface area (TPSA) is 78.9 Å². The van der Waals surface area contributed by atoms with Crippen LogP contribution in [0.4, 0.5) is 0 Å². The third kappa shape index (κ3) is 60.8. The molecule has 0 bridgehead atoms. The molecule has 75 heavy (non-hydrogen) atoms. The lowest BCUT2D eigenvalue weighted by atomic mass is 10.1. The lowest BCUT2D eigenvalue weighted by Crippen LogP contribution is -2.30. The molecular weight excluding hydrogens is 925 g/mol. The number of carbonyl (C=O) groups is 3. The first-order valence-corrected chi connectivity index (χ1v) is 31.4. The predicted octanol–water partition coefficient (Wildman–Crippen LogP) is 21.4. The van der Waals surface area contributed by atoms with Crippen LogP contribution in [0.2, 0.25) is 0 Å².